The molecule has 0 amide bonds. The van der Waals surface area contributed by atoms with Crippen LogP contribution in [0.25, 0.3) is 10.6 Å². The monoisotopic (exact) mass is 316 g/mol. The van der Waals surface area contributed by atoms with Crippen molar-refractivity contribution in [3.63, 3.8) is 0 Å². The van der Waals surface area contributed by atoms with Crippen LogP contribution < -0.4 is 0 Å². The molecule has 1 saturated carbocycles. The Kier molecular flexibility index (Phi) is 5.24. The number of rotatable bonds is 8. The third-order valence-electron chi connectivity index (χ3n) is 4.18. The predicted octanol–water partition coefficient (Wildman–Crippen LogP) is 3.86. The van der Waals surface area contributed by atoms with Crippen LogP contribution in [0.4, 0.5) is 0 Å². The van der Waals surface area contributed by atoms with E-state index >= 15 is 0 Å². The molecule has 3 nitrogen and oxygen atoms in total. The number of hydrogen-bond acceptors (Lipinski definition) is 4. The number of aromatic nitrogens is 1. The zero-order valence-electron chi connectivity index (χ0n) is 13.2. The number of hydrogen-bond donors (Lipinski definition) is 1. The lowest BCUT2D eigenvalue weighted by Crippen LogP contribution is -2.26. The van der Waals surface area contributed by atoms with Gasteiger partial charge in [-0.1, -0.05) is 30.3 Å². The predicted molar refractivity (Wildman–Crippen MR) is 92.0 cm³/mol. The lowest BCUT2D eigenvalue weighted by atomic mass is 10.2. The zero-order chi connectivity index (χ0) is 15.4. The number of unbranched alkanes of at least 4 members (excludes halogenated alkanes) is 1. The van der Waals surface area contributed by atoms with Crippen LogP contribution >= 0.6 is 11.3 Å². The van der Waals surface area contributed by atoms with Crippen LogP contribution in [-0.4, -0.2) is 34.2 Å². The number of benzene rings is 1. The van der Waals surface area contributed by atoms with Gasteiger partial charge in [0.25, 0.3) is 0 Å². The van der Waals surface area contributed by atoms with Crippen LogP contribution in [0.15, 0.2) is 30.3 Å². The SMILES string of the molecule is Cc1nc(-c2ccccc2)sc1CN(CCCCO)C1CC1. The third-order valence-corrected chi connectivity index (χ3v) is 5.37. The second kappa shape index (κ2) is 7.36. The molecule has 22 heavy (non-hydrogen) atoms. The Hall–Kier alpha value is -1.23. The molecular weight excluding hydrogens is 292 g/mol. The molecule has 0 saturated heterocycles. The van der Waals surface area contributed by atoms with Crippen LogP contribution in [0.5, 0.6) is 0 Å². The molecule has 0 radical (unpaired) electrons. The van der Waals surface area contributed by atoms with Gasteiger partial charge in [0.05, 0.1) is 5.69 Å². The Balaban J connectivity index is 1.70. The Morgan fingerprint density at radius 3 is 2.68 bits per heavy atom. The van der Waals surface area contributed by atoms with E-state index in [1.54, 1.807) is 0 Å². The molecule has 1 aliphatic rings. The van der Waals surface area contributed by atoms with Crippen molar-refractivity contribution < 1.29 is 5.11 Å². The molecule has 1 aliphatic carbocycles. The van der Waals surface area contributed by atoms with Crippen LogP contribution in [0.2, 0.25) is 0 Å². The van der Waals surface area contributed by atoms with Crippen LogP contribution in [-0.2, 0) is 6.54 Å². The molecule has 0 aliphatic heterocycles. The van der Waals surface area contributed by atoms with E-state index in [1.807, 2.05) is 17.4 Å². The summed E-state index contributed by atoms with van der Waals surface area (Å²) < 4.78 is 0. The Morgan fingerprint density at radius 2 is 2.00 bits per heavy atom. The van der Waals surface area contributed by atoms with Gasteiger partial charge in [-0.15, -0.1) is 11.3 Å². The summed E-state index contributed by atoms with van der Waals surface area (Å²) in [5.74, 6) is 0. The van der Waals surface area contributed by atoms with E-state index in [9.17, 15) is 0 Å². The van der Waals surface area contributed by atoms with Gasteiger partial charge in [-0.3, -0.25) is 4.90 Å². The van der Waals surface area contributed by atoms with Crippen molar-refractivity contribution in [2.24, 2.45) is 0 Å². The van der Waals surface area contributed by atoms with Gasteiger partial charge in [-0.2, -0.15) is 0 Å². The minimum Gasteiger partial charge on any atom is -0.396 e. The molecule has 1 aromatic carbocycles. The molecular formula is C18H24N2OS. The molecule has 1 aromatic heterocycles. The van der Waals surface area contributed by atoms with Crippen LogP contribution in [0, 0.1) is 6.92 Å². The summed E-state index contributed by atoms with van der Waals surface area (Å²) in [5.41, 5.74) is 2.37. The van der Waals surface area contributed by atoms with Crippen molar-refractivity contribution in [2.45, 2.75) is 45.2 Å². The van der Waals surface area contributed by atoms with Gasteiger partial charge in [0.2, 0.25) is 0 Å². The average molecular weight is 316 g/mol. The van der Waals surface area contributed by atoms with Crippen LogP contribution in [0.1, 0.15) is 36.3 Å². The summed E-state index contributed by atoms with van der Waals surface area (Å²) in [5, 5.41) is 10.1. The highest BCUT2D eigenvalue weighted by molar-refractivity contribution is 7.15. The van der Waals surface area contributed by atoms with Gasteiger partial charge >= 0.3 is 0 Å². The number of aliphatic hydroxyl groups excluding tert-OH is 1. The Labute approximate surface area is 136 Å². The van der Waals surface area contributed by atoms with E-state index in [0.29, 0.717) is 6.61 Å². The van der Waals surface area contributed by atoms with E-state index in [4.69, 9.17) is 10.1 Å². The summed E-state index contributed by atoms with van der Waals surface area (Å²) in [6, 6.07) is 11.2. The molecule has 0 atom stereocenters. The Morgan fingerprint density at radius 1 is 1.23 bits per heavy atom. The summed E-state index contributed by atoms with van der Waals surface area (Å²) in [7, 11) is 0. The maximum Gasteiger partial charge on any atom is 0.123 e. The molecule has 1 N–H and O–H groups in total. The van der Waals surface area contributed by atoms with Gasteiger partial charge in [0, 0.05) is 29.6 Å². The molecule has 2 aromatic rings. The normalized spacial score (nSPS) is 14.7. The molecule has 0 spiro atoms. The molecule has 1 heterocycles. The van der Waals surface area contributed by atoms with E-state index in [2.05, 4.69) is 36.1 Å². The van der Waals surface area contributed by atoms with Crippen molar-refractivity contribution in [2.75, 3.05) is 13.2 Å². The summed E-state index contributed by atoms with van der Waals surface area (Å²) in [4.78, 5) is 8.72. The second-order valence-corrected chi connectivity index (χ2v) is 7.11. The van der Waals surface area contributed by atoms with Crippen molar-refractivity contribution in [1.29, 1.82) is 0 Å². The average Bonchev–Trinajstić information content (AvgIpc) is 3.32. The lowest BCUT2D eigenvalue weighted by Gasteiger charge is -2.21. The van der Waals surface area contributed by atoms with Gasteiger partial charge in [-0.05, 0) is 39.2 Å². The molecule has 118 valence electrons. The third kappa shape index (κ3) is 3.94. The van der Waals surface area contributed by atoms with E-state index < -0.39 is 0 Å². The first-order valence-corrected chi connectivity index (χ1v) is 8.96. The van der Waals surface area contributed by atoms with Crippen molar-refractivity contribution in [3.8, 4) is 10.6 Å². The number of aliphatic hydroxyl groups is 1. The molecule has 4 heteroatoms. The van der Waals surface area contributed by atoms with E-state index in [1.165, 1.54) is 23.3 Å². The summed E-state index contributed by atoms with van der Waals surface area (Å²) in [6.07, 6.45) is 4.63. The standard InChI is InChI=1S/C18H24N2OS/c1-14-17(13-20(16-9-10-16)11-5-6-12-21)22-18(19-14)15-7-3-2-4-8-15/h2-4,7-8,16,21H,5-6,9-13H2,1H3. The lowest BCUT2D eigenvalue weighted by molar-refractivity contribution is 0.230. The molecule has 0 unspecified atom stereocenters. The van der Waals surface area contributed by atoms with Crippen molar-refractivity contribution >= 4 is 11.3 Å². The van der Waals surface area contributed by atoms with Crippen molar-refractivity contribution in [3.05, 3.63) is 40.9 Å². The van der Waals surface area contributed by atoms with Crippen molar-refractivity contribution in [1.82, 2.24) is 9.88 Å². The maximum absolute atomic E-state index is 8.97. The van der Waals surface area contributed by atoms with E-state index in [0.717, 1.165) is 42.7 Å². The van der Waals surface area contributed by atoms with Gasteiger partial charge < -0.3 is 5.11 Å². The van der Waals surface area contributed by atoms with E-state index in [-0.39, 0.29) is 0 Å². The van der Waals surface area contributed by atoms with Gasteiger partial charge in [0.1, 0.15) is 5.01 Å². The zero-order valence-corrected chi connectivity index (χ0v) is 14.0. The smallest absolute Gasteiger partial charge is 0.123 e. The first-order valence-electron chi connectivity index (χ1n) is 8.14. The minimum atomic E-state index is 0.302. The number of thiazole rings is 1. The van der Waals surface area contributed by atoms with Crippen LogP contribution in [0.3, 0.4) is 0 Å². The second-order valence-electron chi connectivity index (χ2n) is 6.03. The summed E-state index contributed by atoms with van der Waals surface area (Å²) >= 11 is 1.82. The topological polar surface area (TPSA) is 36.4 Å². The fourth-order valence-corrected chi connectivity index (χ4v) is 3.81. The highest BCUT2D eigenvalue weighted by Gasteiger charge is 2.29. The highest BCUT2D eigenvalue weighted by Crippen LogP contribution is 2.33. The number of aryl methyl sites for hydroxylation is 1. The minimum absolute atomic E-state index is 0.302. The first-order chi connectivity index (χ1) is 10.8. The fraction of sp³-hybridized carbons (Fsp3) is 0.500. The summed E-state index contributed by atoms with van der Waals surface area (Å²) in [6.45, 7) is 4.52. The largest absolute Gasteiger partial charge is 0.396 e. The molecule has 3 rings (SSSR count). The maximum atomic E-state index is 8.97. The molecule has 0 bridgehead atoms. The number of nitrogens with zero attached hydrogens (tertiary/aromatic N) is 2. The quantitative estimate of drug-likeness (QED) is 0.751. The molecule has 1 fully saturated rings. The Bertz CT molecular complexity index is 592. The highest BCUT2D eigenvalue weighted by atomic mass is 32.1. The van der Waals surface area contributed by atoms with Gasteiger partial charge in [-0.25, -0.2) is 4.98 Å². The van der Waals surface area contributed by atoms with Gasteiger partial charge in [0.15, 0.2) is 0 Å². The first kappa shape index (κ1) is 15.7. The fourth-order valence-electron chi connectivity index (χ4n) is 2.72.